The Kier molecular flexibility index (Phi) is 4.63. The molecule has 0 bridgehead atoms. The molecule has 1 unspecified atom stereocenters. The first-order chi connectivity index (χ1) is 9.88. The summed E-state index contributed by atoms with van der Waals surface area (Å²) >= 11 is 0. The molecule has 114 valence electrons. The number of carboxylic acid groups (broad SMARTS) is 1. The van der Waals surface area contributed by atoms with Crippen LogP contribution in [-0.4, -0.2) is 48.6 Å². The standard InChI is InChI=1S/C16H22N2O3/c1-11(19)18-7-6-13-8-12(4-5-15(13)18)9-14(17(2)3)10-16(20)21/h4-5,8,14H,6-7,9-10H2,1-3H3,(H,20,21). The van der Waals surface area contributed by atoms with Crippen molar-refractivity contribution in [2.45, 2.75) is 32.2 Å². The zero-order chi connectivity index (χ0) is 15.6. The number of hydrogen-bond acceptors (Lipinski definition) is 3. The summed E-state index contributed by atoms with van der Waals surface area (Å²) in [6.07, 6.45) is 1.70. The van der Waals surface area contributed by atoms with E-state index in [0.717, 1.165) is 24.2 Å². The Labute approximate surface area is 125 Å². The van der Waals surface area contributed by atoms with Crippen LogP contribution in [0.3, 0.4) is 0 Å². The molecule has 5 nitrogen and oxygen atoms in total. The first-order valence-corrected chi connectivity index (χ1v) is 7.16. The van der Waals surface area contributed by atoms with Gasteiger partial charge in [0, 0.05) is 25.2 Å². The predicted molar refractivity (Wildman–Crippen MR) is 81.6 cm³/mol. The number of amides is 1. The van der Waals surface area contributed by atoms with Crippen molar-refractivity contribution in [3.8, 4) is 0 Å². The smallest absolute Gasteiger partial charge is 0.304 e. The number of carbonyl (C=O) groups excluding carboxylic acids is 1. The summed E-state index contributed by atoms with van der Waals surface area (Å²) in [6.45, 7) is 2.32. The van der Waals surface area contributed by atoms with Crippen molar-refractivity contribution in [1.29, 1.82) is 0 Å². The van der Waals surface area contributed by atoms with Crippen LogP contribution in [0, 0.1) is 0 Å². The molecule has 1 aliphatic heterocycles. The molecule has 1 heterocycles. The van der Waals surface area contributed by atoms with E-state index in [-0.39, 0.29) is 18.4 Å². The zero-order valence-electron chi connectivity index (χ0n) is 12.8. The summed E-state index contributed by atoms with van der Waals surface area (Å²) in [4.78, 5) is 26.2. The van der Waals surface area contributed by atoms with Gasteiger partial charge in [-0.05, 0) is 44.1 Å². The molecule has 0 aromatic heterocycles. The van der Waals surface area contributed by atoms with E-state index in [1.807, 2.05) is 31.1 Å². The number of carboxylic acids is 1. The van der Waals surface area contributed by atoms with Crippen molar-refractivity contribution in [3.63, 3.8) is 0 Å². The maximum absolute atomic E-state index is 11.5. The zero-order valence-corrected chi connectivity index (χ0v) is 12.8. The van der Waals surface area contributed by atoms with Gasteiger partial charge in [-0.15, -0.1) is 0 Å². The van der Waals surface area contributed by atoms with Gasteiger partial charge in [0.2, 0.25) is 5.91 Å². The third-order valence-corrected chi connectivity index (χ3v) is 4.03. The lowest BCUT2D eigenvalue weighted by Gasteiger charge is -2.23. The highest BCUT2D eigenvalue weighted by atomic mass is 16.4. The maximum Gasteiger partial charge on any atom is 0.304 e. The number of likely N-dealkylation sites (N-methyl/N-ethyl adjacent to an activating group) is 1. The molecule has 1 aromatic carbocycles. The highest BCUT2D eigenvalue weighted by Crippen LogP contribution is 2.29. The van der Waals surface area contributed by atoms with Crippen LogP contribution in [0.5, 0.6) is 0 Å². The van der Waals surface area contributed by atoms with Gasteiger partial charge >= 0.3 is 5.97 Å². The van der Waals surface area contributed by atoms with Crippen molar-refractivity contribution in [2.24, 2.45) is 0 Å². The van der Waals surface area contributed by atoms with Crippen molar-refractivity contribution < 1.29 is 14.7 Å². The molecule has 21 heavy (non-hydrogen) atoms. The van der Waals surface area contributed by atoms with Gasteiger partial charge in [0.15, 0.2) is 0 Å². The van der Waals surface area contributed by atoms with Crippen LogP contribution in [0.15, 0.2) is 18.2 Å². The lowest BCUT2D eigenvalue weighted by molar-refractivity contribution is -0.138. The van der Waals surface area contributed by atoms with Crippen molar-refractivity contribution >= 4 is 17.6 Å². The van der Waals surface area contributed by atoms with Crippen LogP contribution in [0.2, 0.25) is 0 Å². The SMILES string of the molecule is CC(=O)N1CCc2cc(CC(CC(=O)O)N(C)C)ccc21. The quantitative estimate of drug-likeness (QED) is 0.893. The number of hydrogen-bond donors (Lipinski definition) is 1. The second kappa shape index (κ2) is 6.26. The molecule has 1 aromatic rings. The molecule has 0 radical (unpaired) electrons. The van der Waals surface area contributed by atoms with E-state index in [0.29, 0.717) is 6.42 Å². The number of aliphatic carboxylic acids is 1. The van der Waals surface area contributed by atoms with Gasteiger partial charge in [-0.3, -0.25) is 9.59 Å². The van der Waals surface area contributed by atoms with E-state index >= 15 is 0 Å². The topological polar surface area (TPSA) is 60.9 Å². The average molecular weight is 290 g/mol. The van der Waals surface area contributed by atoms with E-state index in [1.165, 1.54) is 5.56 Å². The van der Waals surface area contributed by atoms with Crippen molar-refractivity contribution in [2.75, 3.05) is 25.5 Å². The van der Waals surface area contributed by atoms with Crippen molar-refractivity contribution in [1.82, 2.24) is 4.90 Å². The van der Waals surface area contributed by atoms with Gasteiger partial charge < -0.3 is 14.9 Å². The van der Waals surface area contributed by atoms with E-state index in [2.05, 4.69) is 6.07 Å². The van der Waals surface area contributed by atoms with Crippen LogP contribution < -0.4 is 4.90 Å². The highest BCUT2D eigenvalue weighted by Gasteiger charge is 2.23. The van der Waals surface area contributed by atoms with Crippen LogP contribution in [0.1, 0.15) is 24.5 Å². The summed E-state index contributed by atoms with van der Waals surface area (Å²) in [5.41, 5.74) is 3.29. The van der Waals surface area contributed by atoms with Gasteiger partial charge in [0.25, 0.3) is 0 Å². The van der Waals surface area contributed by atoms with E-state index < -0.39 is 5.97 Å². The Morgan fingerprint density at radius 2 is 2.10 bits per heavy atom. The van der Waals surface area contributed by atoms with Gasteiger partial charge in [0.1, 0.15) is 0 Å². The molecule has 1 amide bonds. The molecule has 5 heteroatoms. The summed E-state index contributed by atoms with van der Waals surface area (Å²) in [5, 5.41) is 8.99. The molecule has 1 aliphatic rings. The summed E-state index contributed by atoms with van der Waals surface area (Å²) in [6, 6.07) is 6.06. The Morgan fingerprint density at radius 3 is 2.67 bits per heavy atom. The molecule has 0 saturated heterocycles. The number of benzene rings is 1. The molecule has 1 atom stereocenters. The lowest BCUT2D eigenvalue weighted by Crippen LogP contribution is -2.32. The lowest BCUT2D eigenvalue weighted by atomic mass is 9.99. The normalized spacial score (nSPS) is 15.1. The molecule has 0 aliphatic carbocycles. The molecule has 0 spiro atoms. The Hall–Kier alpha value is -1.88. The van der Waals surface area contributed by atoms with Crippen LogP contribution in [0.4, 0.5) is 5.69 Å². The Bertz CT molecular complexity index is 554. The molecule has 2 rings (SSSR count). The fraction of sp³-hybridized carbons (Fsp3) is 0.500. The van der Waals surface area contributed by atoms with Gasteiger partial charge in [-0.25, -0.2) is 0 Å². The van der Waals surface area contributed by atoms with Gasteiger partial charge in [-0.1, -0.05) is 12.1 Å². The summed E-state index contributed by atoms with van der Waals surface area (Å²) in [5.74, 6) is -0.712. The Balaban J connectivity index is 2.15. The van der Waals surface area contributed by atoms with Gasteiger partial charge in [-0.2, -0.15) is 0 Å². The first-order valence-electron chi connectivity index (χ1n) is 7.16. The maximum atomic E-state index is 11.5. The largest absolute Gasteiger partial charge is 0.481 e. The average Bonchev–Trinajstić information content (AvgIpc) is 2.80. The monoisotopic (exact) mass is 290 g/mol. The molecule has 0 fully saturated rings. The minimum atomic E-state index is -0.780. The molecular weight excluding hydrogens is 268 g/mol. The predicted octanol–water partition coefficient (Wildman–Crippen LogP) is 1.54. The Morgan fingerprint density at radius 1 is 1.38 bits per heavy atom. The first kappa shape index (κ1) is 15.5. The van der Waals surface area contributed by atoms with Crippen LogP contribution >= 0.6 is 0 Å². The second-order valence-corrected chi connectivity index (χ2v) is 5.80. The molecule has 1 N–H and O–H groups in total. The number of rotatable bonds is 5. The highest BCUT2D eigenvalue weighted by molar-refractivity contribution is 5.93. The fourth-order valence-corrected chi connectivity index (χ4v) is 2.82. The number of anilines is 1. The number of nitrogens with zero attached hydrogens (tertiary/aromatic N) is 2. The minimum Gasteiger partial charge on any atom is -0.481 e. The van der Waals surface area contributed by atoms with E-state index in [9.17, 15) is 9.59 Å². The van der Waals surface area contributed by atoms with E-state index in [4.69, 9.17) is 5.11 Å². The third kappa shape index (κ3) is 3.61. The second-order valence-electron chi connectivity index (χ2n) is 5.80. The summed E-state index contributed by atoms with van der Waals surface area (Å²) in [7, 11) is 3.80. The van der Waals surface area contributed by atoms with E-state index in [1.54, 1.807) is 11.8 Å². The van der Waals surface area contributed by atoms with Crippen LogP contribution in [0.25, 0.3) is 0 Å². The third-order valence-electron chi connectivity index (χ3n) is 4.03. The van der Waals surface area contributed by atoms with Crippen LogP contribution in [-0.2, 0) is 22.4 Å². The summed E-state index contributed by atoms with van der Waals surface area (Å²) < 4.78 is 0. The minimum absolute atomic E-state index is 0.0223. The fourth-order valence-electron chi connectivity index (χ4n) is 2.82. The molecular formula is C16H22N2O3. The number of fused-ring (bicyclic) bond motifs is 1. The molecule has 0 saturated carbocycles. The number of carbonyl (C=O) groups is 2. The van der Waals surface area contributed by atoms with Gasteiger partial charge in [0.05, 0.1) is 6.42 Å². The van der Waals surface area contributed by atoms with Crippen molar-refractivity contribution in [3.05, 3.63) is 29.3 Å².